The molecule has 1 atom stereocenters. The number of nitrogens with zero attached hydrogens (tertiary/aromatic N) is 1. The molecule has 0 aliphatic carbocycles. The van der Waals surface area contributed by atoms with Crippen molar-refractivity contribution in [3.05, 3.63) is 29.3 Å². The summed E-state index contributed by atoms with van der Waals surface area (Å²) in [7, 11) is 2.04. The van der Waals surface area contributed by atoms with Gasteiger partial charge in [-0.25, -0.2) is 0 Å². The van der Waals surface area contributed by atoms with Crippen LogP contribution < -0.4 is 10.1 Å². The summed E-state index contributed by atoms with van der Waals surface area (Å²) in [4.78, 5) is 2.57. The van der Waals surface area contributed by atoms with Crippen LogP contribution in [0.2, 0.25) is 0 Å². The molecule has 3 nitrogen and oxygen atoms in total. The Labute approximate surface area is 123 Å². The number of nitrogens with one attached hydrogen (secondary N) is 1. The van der Waals surface area contributed by atoms with Crippen LogP contribution in [0.5, 0.6) is 5.75 Å². The van der Waals surface area contributed by atoms with Crippen molar-refractivity contribution in [3.8, 4) is 5.75 Å². The van der Waals surface area contributed by atoms with E-state index in [9.17, 15) is 0 Å². The van der Waals surface area contributed by atoms with Crippen LogP contribution in [0.15, 0.2) is 18.2 Å². The van der Waals surface area contributed by atoms with E-state index < -0.39 is 0 Å². The number of benzene rings is 1. The van der Waals surface area contributed by atoms with E-state index in [0.717, 1.165) is 25.4 Å². The lowest BCUT2D eigenvalue weighted by molar-refractivity contribution is 0.123. The van der Waals surface area contributed by atoms with Gasteiger partial charge in [-0.05, 0) is 63.5 Å². The number of likely N-dealkylation sites (tertiary alicyclic amines) is 1. The number of hydrogen-bond donors (Lipinski definition) is 1. The van der Waals surface area contributed by atoms with Crippen LogP contribution in [0, 0.1) is 13.8 Å². The summed E-state index contributed by atoms with van der Waals surface area (Å²) in [6.45, 7) is 8.34. The Morgan fingerprint density at radius 2 is 1.95 bits per heavy atom. The smallest absolute Gasteiger partial charge is 0.119 e. The van der Waals surface area contributed by atoms with Gasteiger partial charge in [0, 0.05) is 19.1 Å². The van der Waals surface area contributed by atoms with Crippen molar-refractivity contribution in [2.24, 2.45) is 0 Å². The van der Waals surface area contributed by atoms with Crippen molar-refractivity contribution in [1.29, 1.82) is 0 Å². The van der Waals surface area contributed by atoms with Crippen LogP contribution in [0.1, 0.15) is 30.4 Å². The highest BCUT2D eigenvalue weighted by atomic mass is 16.5. The first-order valence-corrected chi connectivity index (χ1v) is 7.79. The third-order valence-corrected chi connectivity index (χ3v) is 4.03. The van der Waals surface area contributed by atoms with E-state index in [-0.39, 0.29) is 0 Å². The normalized spacial score (nSPS) is 20.1. The van der Waals surface area contributed by atoms with Crippen molar-refractivity contribution >= 4 is 0 Å². The lowest BCUT2D eigenvalue weighted by Crippen LogP contribution is -2.46. The number of aryl methyl sites for hydroxylation is 2. The van der Waals surface area contributed by atoms with Crippen molar-refractivity contribution in [3.63, 3.8) is 0 Å². The Balaban J connectivity index is 1.81. The molecule has 20 heavy (non-hydrogen) atoms. The van der Waals surface area contributed by atoms with Crippen molar-refractivity contribution < 1.29 is 4.74 Å². The van der Waals surface area contributed by atoms with Gasteiger partial charge in [0.15, 0.2) is 0 Å². The average molecular weight is 276 g/mol. The predicted octanol–water partition coefficient (Wildman–Crippen LogP) is 2.76. The molecule has 1 aromatic rings. The van der Waals surface area contributed by atoms with Gasteiger partial charge in [-0.15, -0.1) is 0 Å². The minimum Gasteiger partial charge on any atom is -0.492 e. The molecule has 0 radical (unpaired) electrons. The zero-order chi connectivity index (χ0) is 14.4. The molecule has 1 heterocycles. The van der Waals surface area contributed by atoms with Gasteiger partial charge in [0.05, 0.1) is 0 Å². The Morgan fingerprint density at radius 1 is 1.20 bits per heavy atom. The number of piperidine rings is 1. The van der Waals surface area contributed by atoms with E-state index in [1.165, 1.54) is 36.9 Å². The molecule has 1 aliphatic rings. The van der Waals surface area contributed by atoms with Crippen LogP contribution in [-0.2, 0) is 0 Å². The summed E-state index contributed by atoms with van der Waals surface area (Å²) in [5.74, 6) is 1.00. The maximum absolute atomic E-state index is 5.93. The average Bonchev–Trinajstić information content (AvgIpc) is 2.40. The fourth-order valence-electron chi connectivity index (χ4n) is 3.12. The molecule has 1 aromatic carbocycles. The van der Waals surface area contributed by atoms with Gasteiger partial charge in [-0.3, -0.25) is 4.90 Å². The number of ether oxygens (including phenoxy) is 1. The largest absolute Gasteiger partial charge is 0.492 e. The van der Waals surface area contributed by atoms with E-state index >= 15 is 0 Å². The van der Waals surface area contributed by atoms with Gasteiger partial charge in [0.1, 0.15) is 12.4 Å². The molecular weight excluding hydrogens is 248 g/mol. The molecule has 1 saturated heterocycles. The molecule has 1 N–H and O–H groups in total. The highest BCUT2D eigenvalue weighted by Gasteiger charge is 2.21. The molecule has 1 unspecified atom stereocenters. The summed E-state index contributed by atoms with van der Waals surface area (Å²) >= 11 is 0. The standard InChI is InChI=1S/C17H28N2O/c1-14-10-15(2)12-17(11-14)20-9-8-19-7-5-4-6-16(19)13-18-3/h10-12,16,18H,4-9,13H2,1-3H3. The molecule has 3 heteroatoms. The molecule has 0 saturated carbocycles. The second-order valence-electron chi connectivity index (χ2n) is 5.92. The second kappa shape index (κ2) is 7.65. The fraction of sp³-hybridized carbons (Fsp3) is 0.647. The number of hydrogen-bond acceptors (Lipinski definition) is 3. The Kier molecular flexibility index (Phi) is 5.86. The van der Waals surface area contributed by atoms with Gasteiger partial charge in [-0.2, -0.15) is 0 Å². The molecule has 1 fully saturated rings. The zero-order valence-corrected chi connectivity index (χ0v) is 13.1. The Hall–Kier alpha value is -1.06. The van der Waals surface area contributed by atoms with Crippen LogP contribution in [0.25, 0.3) is 0 Å². The molecule has 112 valence electrons. The van der Waals surface area contributed by atoms with E-state index in [1.54, 1.807) is 0 Å². The van der Waals surface area contributed by atoms with Gasteiger partial charge in [0.2, 0.25) is 0 Å². The maximum atomic E-state index is 5.93. The molecule has 2 rings (SSSR count). The Morgan fingerprint density at radius 3 is 2.65 bits per heavy atom. The monoisotopic (exact) mass is 276 g/mol. The first-order valence-electron chi connectivity index (χ1n) is 7.79. The molecule has 1 aliphatic heterocycles. The third-order valence-electron chi connectivity index (χ3n) is 4.03. The lowest BCUT2D eigenvalue weighted by atomic mass is 10.0. The number of likely N-dealkylation sites (N-methyl/N-ethyl adjacent to an activating group) is 1. The lowest BCUT2D eigenvalue weighted by Gasteiger charge is -2.35. The number of rotatable bonds is 6. The van der Waals surface area contributed by atoms with E-state index in [2.05, 4.69) is 42.3 Å². The van der Waals surface area contributed by atoms with E-state index in [0.29, 0.717) is 6.04 Å². The van der Waals surface area contributed by atoms with Crippen molar-refractivity contribution in [2.75, 3.05) is 33.3 Å². The van der Waals surface area contributed by atoms with E-state index in [4.69, 9.17) is 4.74 Å². The summed E-state index contributed by atoms with van der Waals surface area (Å²) in [6.07, 6.45) is 3.99. The highest BCUT2D eigenvalue weighted by Crippen LogP contribution is 2.18. The fourth-order valence-corrected chi connectivity index (χ4v) is 3.12. The van der Waals surface area contributed by atoms with Gasteiger partial charge in [0.25, 0.3) is 0 Å². The topological polar surface area (TPSA) is 24.5 Å². The molecule has 0 spiro atoms. The minimum atomic E-state index is 0.677. The van der Waals surface area contributed by atoms with E-state index in [1.807, 2.05) is 7.05 Å². The molecular formula is C17H28N2O. The molecule has 0 amide bonds. The molecule has 0 aromatic heterocycles. The van der Waals surface area contributed by atoms with Gasteiger partial charge < -0.3 is 10.1 Å². The van der Waals surface area contributed by atoms with Crippen LogP contribution in [0.3, 0.4) is 0 Å². The summed E-state index contributed by atoms with van der Waals surface area (Å²) in [5, 5.41) is 3.31. The quantitative estimate of drug-likeness (QED) is 0.864. The van der Waals surface area contributed by atoms with Gasteiger partial charge in [-0.1, -0.05) is 12.5 Å². The maximum Gasteiger partial charge on any atom is 0.119 e. The Bertz CT molecular complexity index is 397. The first-order chi connectivity index (χ1) is 9.69. The van der Waals surface area contributed by atoms with Crippen molar-refractivity contribution in [1.82, 2.24) is 10.2 Å². The van der Waals surface area contributed by atoms with Crippen LogP contribution >= 0.6 is 0 Å². The summed E-state index contributed by atoms with van der Waals surface area (Å²) in [5.41, 5.74) is 2.54. The summed E-state index contributed by atoms with van der Waals surface area (Å²) in [6, 6.07) is 7.10. The predicted molar refractivity (Wildman–Crippen MR) is 84.5 cm³/mol. The third kappa shape index (κ3) is 4.50. The van der Waals surface area contributed by atoms with Crippen LogP contribution in [-0.4, -0.2) is 44.2 Å². The second-order valence-corrected chi connectivity index (χ2v) is 5.92. The molecule has 0 bridgehead atoms. The SMILES string of the molecule is CNCC1CCCCN1CCOc1cc(C)cc(C)c1. The summed E-state index contributed by atoms with van der Waals surface area (Å²) < 4.78 is 5.93. The highest BCUT2D eigenvalue weighted by molar-refractivity contribution is 5.32. The van der Waals surface area contributed by atoms with Gasteiger partial charge >= 0.3 is 0 Å². The van der Waals surface area contributed by atoms with Crippen molar-refractivity contribution in [2.45, 2.75) is 39.2 Å². The van der Waals surface area contributed by atoms with Crippen LogP contribution in [0.4, 0.5) is 0 Å². The zero-order valence-electron chi connectivity index (χ0n) is 13.1. The minimum absolute atomic E-state index is 0.677. The first kappa shape index (κ1) is 15.3.